The molecule has 0 saturated carbocycles. The summed E-state index contributed by atoms with van der Waals surface area (Å²) in [6.07, 6.45) is 2.09. The van der Waals surface area contributed by atoms with Crippen LogP contribution in [0.15, 0.2) is 11.6 Å². The van der Waals surface area contributed by atoms with Crippen LogP contribution in [0.25, 0.3) is 4.96 Å². The predicted octanol–water partition coefficient (Wildman–Crippen LogP) is 1.34. The zero-order valence-electron chi connectivity index (χ0n) is 10.7. The number of fused-ring (bicyclic) bond motifs is 1. The van der Waals surface area contributed by atoms with Gasteiger partial charge in [-0.1, -0.05) is 0 Å². The second kappa shape index (κ2) is 4.87. The fraction of sp³-hybridized carbons (Fsp3) is 0.583. The van der Waals surface area contributed by atoms with Crippen molar-refractivity contribution < 1.29 is 4.74 Å². The molecule has 6 heteroatoms. The van der Waals surface area contributed by atoms with E-state index in [-0.39, 0.29) is 0 Å². The molecule has 3 heterocycles. The Bertz CT molecular complexity index is 535. The van der Waals surface area contributed by atoms with Crippen molar-refractivity contribution in [2.75, 3.05) is 31.7 Å². The summed E-state index contributed by atoms with van der Waals surface area (Å²) in [6.45, 7) is 5.51. The molecule has 2 aromatic rings. The third-order valence-corrected chi connectivity index (χ3v) is 4.08. The van der Waals surface area contributed by atoms with Crippen molar-refractivity contribution in [3.63, 3.8) is 0 Å². The minimum Gasteiger partial charge on any atom is -0.377 e. The van der Waals surface area contributed by atoms with Gasteiger partial charge in [0.2, 0.25) is 0 Å². The van der Waals surface area contributed by atoms with Crippen molar-refractivity contribution in [1.29, 1.82) is 0 Å². The van der Waals surface area contributed by atoms with E-state index in [0.717, 1.165) is 37.1 Å². The molecule has 1 fully saturated rings. The van der Waals surface area contributed by atoms with Crippen molar-refractivity contribution in [2.24, 2.45) is 0 Å². The number of ether oxygens (including phenoxy) is 1. The Morgan fingerprint density at radius 2 is 2.50 bits per heavy atom. The second-order valence-corrected chi connectivity index (χ2v) is 5.46. The molecule has 0 aromatic carbocycles. The number of anilines is 1. The minimum absolute atomic E-state index is 0.388. The van der Waals surface area contributed by atoms with Crippen molar-refractivity contribution in [1.82, 2.24) is 14.7 Å². The molecule has 0 bridgehead atoms. The molecular weight excluding hydrogens is 248 g/mol. The van der Waals surface area contributed by atoms with Crippen LogP contribution in [-0.4, -0.2) is 42.2 Å². The van der Waals surface area contributed by atoms with Gasteiger partial charge in [0, 0.05) is 24.7 Å². The van der Waals surface area contributed by atoms with Gasteiger partial charge in [0.05, 0.1) is 24.9 Å². The maximum Gasteiger partial charge on any atom is 0.195 e. The van der Waals surface area contributed by atoms with Crippen LogP contribution in [-0.2, 0) is 11.3 Å². The molecule has 3 rings (SSSR count). The number of morpholine rings is 1. The minimum atomic E-state index is 0.388. The maximum atomic E-state index is 5.50. The summed E-state index contributed by atoms with van der Waals surface area (Å²) in [5.41, 5.74) is 1.24. The molecule has 1 N–H and O–H groups in total. The number of aromatic nitrogens is 2. The van der Waals surface area contributed by atoms with Crippen molar-refractivity contribution in [3.05, 3.63) is 17.3 Å². The van der Waals surface area contributed by atoms with Gasteiger partial charge < -0.3 is 15.0 Å². The summed E-state index contributed by atoms with van der Waals surface area (Å²) in [5, 5.41) is 5.31. The smallest absolute Gasteiger partial charge is 0.195 e. The van der Waals surface area contributed by atoms with Crippen LogP contribution in [0.4, 0.5) is 5.82 Å². The van der Waals surface area contributed by atoms with Gasteiger partial charge in [-0.15, -0.1) is 11.3 Å². The molecule has 1 unspecified atom stereocenters. The molecule has 5 nitrogen and oxygen atoms in total. The number of thiazole rings is 1. The molecule has 18 heavy (non-hydrogen) atoms. The first-order valence-corrected chi connectivity index (χ1v) is 7.12. The molecule has 1 atom stereocenters. The number of hydrogen-bond donors (Lipinski definition) is 1. The lowest BCUT2D eigenvalue weighted by Gasteiger charge is -2.34. The molecule has 0 spiro atoms. The van der Waals surface area contributed by atoms with Gasteiger partial charge in [0.1, 0.15) is 0 Å². The molecule has 0 amide bonds. The van der Waals surface area contributed by atoms with E-state index in [1.165, 1.54) is 5.69 Å². The van der Waals surface area contributed by atoms with Crippen molar-refractivity contribution in [2.45, 2.75) is 19.5 Å². The molecule has 1 aliphatic heterocycles. The van der Waals surface area contributed by atoms with E-state index < -0.39 is 0 Å². The molecule has 2 aromatic heterocycles. The standard InChI is InChI=1S/C12H18N4OS/c1-9-8-17-5-3-15(9)11-10(7-13-2)16-4-6-18-12(16)14-11/h4,6,9,13H,3,5,7-8H2,1-2H3. The highest BCUT2D eigenvalue weighted by Crippen LogP contribution is 2.27. The van der Waals surface area contributed by atoms with Gasteiger partial charge in [-0.2, -0.15) is 0 Å². The second-order valence-electron chi connectivity index (χ2n) is 4.59. The Labute approximate surface area is 110 Å². The van der Waals surface area contributed by atoms with E-state index in [1.807, 2.05) is 7.05 Å². The van der Waals surface area contributed by atoms with E-state index >= 15 is 0 Å². The fourth-order valence-electron chi connectivity index (χ4n) is 2.42. The third kappa shape index (κ3) is 1.90. The molecule has 98 valence electrons. The monoisotopic (exact) mass is 266 g/mol. The summed E-state index contributed by atoms with van der Waals surface area (Å²) in [7, 11) is 1.97. The lowest BCUT2D eigenvalue weighted by molar-refractivity contribution is 0.0985. The number of rotatable bonds is 3. The van der Waals surface area contributed by atoms with Crippen LogP contribution >= 0.6 is 11.3 Å². The van der Waals surface area contributed by atoms with Crippen LogP contribution in [0.2, 0.25) is 0 Å². The van der Waals surface area contributed by atoms with Crippen LogP contribution in [0.1, 0.15) is 12.6 Å². The van der Waals surface area contributed by atoms with Crippen molar-refractivity contribution >= 4 is 22.1 Å². The van der Waals surface area contributed by atoms with Gasteiger partial charge in [-0.05, 0) is 14.0 Å². The largest absolute Gasteiger partial charge is 0.377 e. The van der Waals surface area contributed by atoms with Crippen LogP contribution in [0, 0.1) is 0 Å². The highest BCUT2D eigenvalue weighted by atomic mass is 32.1. The van der Waals surface area contributed by atoms with Crippen LogP contribution in [0.5, 0.6) is 0 Å². The van der Waals surface area contributed by atoms with Crippen molar-refractivity contribution in [3.8, 4) is 0 Å². The number of imidazole rings is 1. The first-order valence-electron chi connectivity index (χ1n) is 6.24. The summed E-state index contributed by atoms with van der Waals surface area (Å²) in [5.74, 6) is 1.10. The lowest BCUT2D eigenvalue weighted by atomic mass is 10.2. The Kier molecular flexibility index (Phi) is 3.23. The predicted molar refractivity (Wildman–Crippen MR) is 73.5 cm³/mol. The quantitative estimate of drug-likeness (QED) is 0.910. The van der Waals surface area contributed by atoms with Gasteiger partial charge in [-0.25, -0.2) is 4.98 Å². The molecule has 0 aliphatic carbocycles. The Hall–Kier alpha value is -1.11. The van der Waals surface area contributed by atoms with E-state index in [1.54, 1.807) is 11.3 Å². The van der Waals surface area contributed by atoms with Gasteiger partial charge >= 0.3 is 0 Å². The average molecular weight is 266 g/mol. The SMILES string of the molecule is CNCc1c(N2CCOCC2C)nc2sccn12. The average Bonchev–Trinajstić information content (AvgIpc) is 2.93. The zero-order valence-corrected chi connectivity index (χ0v) is 11.5. The van der Waals surface area contributed by atoms with Gasteiger partial charge in [0.25, 0.3) is 0 Å². The topological polar surface area (TPSA) is 41.8 Å². The number of nitrogens with one attached hydrogen (secondary N) is 1. The Morgan fingerprint density at radius 3 is 3.28 bits per heavy atom. The van der Waals surface area contributed by atoms with Gasteiger partial charge in [0.15, 0.2) is 10.8 Å². The van der Waals surface area contributed by atoms with Gasteiger partial charge in [-0.3, -0.25) is 4.40 Å². The zero-order chi connectivity index (χ0) is 12.5. The first-order chi connectivity index (χ1) is 8.81. The Balaban J connectivity index is 2.03. The summed E-state index contributed by atoms with van der Waals surface area (Å²) >= 11 is 1.68. The third-order valence-electron chi connectivity index (χ3n) is 3.32. The molecule has 0 radical (unpaired) electrons. The van der Waals surface area contributed by atoms with E-state index in [4.69, 9.17) is 9.72 Å². The normalized spacial score (nSPS) is 20.8. The molecule has 1 aliphatic rings. The first kappa shape index (κ1) is 12.0. The summed E-state index contributed by atoms with van der Waals surface area (Å²) < 4.78 is 7.68. The highest BCUT2D eigenvalue weighted by Gasteiger charge is 2.25. The summed E-state index contributed by atoms with van der Waals surface area (Å²) in [6, 6.07) is 0.388. The van der Waals surface area contributed by atoms with Crippen LogP contribution in [0.3, 0.4) is 0 Å². The number of nitrogens with zero attached hydrogens (tertiary/aromatic N) is 3. The molecular formula is C12H18N4OS. The van der Waals surface area contributed by atoms with E-state index in [9.17, 15) is 0 Å². The lowest BCUT2D eigenvalue weighted by Crippen LogP contribution is -2.44. The van der Waals surface area contributed by atoms with Crippen LogP contribution < -0.4 is 10.2 Å². The highest BCUT2D eigenvalue weighted by molar-refractivity contribution is 7.15. The summed E-state index contributed by atoms with van der Waals surface area (Å²) in [4.78, 5) is 8.20. The van der Waals surface area contributed by atoms with E-state index in [0.29, 0.717) is 6.04 Å². The number of hydrogen-bond acceptors (Lipinski definition) is 5. The van der Waals surface area contributed by atoms with E-state index in [2.05, 4.69) is 33.1 Å². The Morgan fingerprint density at radius 1 is 1.61 bits per heavy atom. The fourth-order valence-corrected chi connectivity index (χ4v) is 3.15. The maximum absolute atomic E-state index is 5.50. The molecule has 1 saturated heterocycles.